The molecule has 0 fully saturated rings. The van der Waals surface area contributed by atoms with E-state index in [9.17, 15) is 9.90 Å². The summed E-state index contributed by atoms with van der Waals surface area (Å²) in [7, 11) is 0. The van der Waals surface area contributed by atoms with Gasteiger partial charge in [-0.1, -0.05) is 37.6 Å². The molecule has 2 atom stereocenters. The Morgan fingerprint density at radius 1 is 1.50 bits per heavy atom. The molecule has 0 radical (unpaired) electrons. The lowest BCUT2D eigenvalue weighted by Gasteiger charge is -2.36. The van der Waals surface area contributed by atoms with E-state index in [1.54, 1.807) is 0 Å². The van der Waals surface area contributed by atoms with Gasteiger partial charge in [0.1, 0.15) is 0 Å². The summed E-state index contributed by atoms with van der Waals surface area (Å²) in [5.41, 5.74) is 2.16. The molecule has 2 rings (SSSR count). The fourth-order valence-electron chi connectivity index (χ4n) is 2.78. The summed E-state index contributed by atoms with van der Waals surface area (Å²) < 4.78 is 0. The van der Waals surface area contributed by atoms with Gasteiger partial charge in [-0.05, 0) is 24.5 Å². The van der Waals surface area contributed by atoms with E-state index < -0.39 is 5.97 Å². The number of hydrogen-bond acceptors (Lipinski definition) is 2. The van der Waals surface area contributed by atoms with Crippen LogP contribution in [0.5, 0.6) is 0 Å². The fourth-order valence-corrected chi connectivity index (χ4v) is 2.78. The molecule has 1 aliphatic rings. The molecule has 3 heteroatoms. The molecule has 0 bridgehead atoms. The standard InChI is InChI=1S/C15H21NO2/c1-3-6-11(2)16-9-12-7-4-5-8-13(12)14(10-16)15(17)18/h4-5,7-8,11,14H,3,6,9-10H2,1-2H3,(H,17,18). The predicted molar refractivity (Wildman–Crippen MR) is 71.6 cm³/mol. The van der Waals surface area contributed by atoms with Gasteiger partial charge in [0.15, 0.2) is 0 Å². The summed E-state index contributed by atoms with van der Waals surface area (Å²) in [6.45, 7) is 5.87. The average molecular weight is 247 g/mol. The lowest BCUT2D eigenvalue weighted by Crippen LogP contribution is -2.41. The Balaban J connectivity index is 2.26. The highest BCUT2D eigenvalue weighted by Gasteiger charge is 2.31. The Labute approximate surface area is 108 Å². The highest BCUT2D eigenvalue weighted by atomic mass is 16.4. The summed E-state index contributed by atoms with van der Waals surface area (Å²) in [4.78, 5) is 13.7. The van der Waals surface area contributed by atoms with Gasteiger partial charge in [0.2, 0.25) is 0 Å². The maximum atomic E-state index is 11.4. The first-order valence-electron chi connectivity index (χ1n) is 6.68. The third kappa shape index (κ3) is 2.56. The van der Waals surface area contributed by atoms with Crippen molar-refractivity contribution in [1.29, 1.82) is 0 Å². The average Bonchev–Trinajstić information content (AvgIpc) is 2.37. The zero-order chi connectivity index (χ0) is 13.1. The highest BCUT2D eigenvalue weighted by molar-refractivity contribution is 5.77. The van der Waals surface area contributed by atoms with Crippen LogP contribution in [0.15, 0.2) is 24.3 Å². The van der Waals surface area contributed by atoms with Gasteiger partial charge in [-0.15, -0.1) is 0 Å². The van der Waals surface area contributed by atoms with Crippen LogP contribution in [0, 0.1) is 0 Å². The van der Waals surface area contributed by atoms with Crippen molar-refractivity contribution < 1.29 is 9.90 Å². The number of rotatable bonds is 4. The van der Waals surface area contributed by atoms with Gasteiger partial charge < -0.3 is 5.11 Å². The van der Waals surface area contributed by atoms with Crippen LogP contribution in [0.1, 0.15) is 43.7 Å². The van der Waals surface area contributed by atoms with E-state index in [-0.39, 0.29) is 5.92 Å². The Hall–Kier alpha value is -1.35. The normalized spacial score (nSPS) is 21.3. The van der Waals surface area contributed by atoms with Crippen molar-refractivity contribution >= 4 is 5.97 Å². The van der Waals surface area contributed by atoms with Crippen LogP contribution in [-0.2, 0) is 11.3 Å². The summed E-state index contributed by atoms with van der Waals surface area (Å²) in [6, 6.07) is 8.38. The maximum absolute atomic E-state index is 11.4. The van der Waals surface area contributed by atoms with Crippen molar-refractivity contribution in [2.45, 2.75) is 45.2 Å². The molecule has 1 N–H and O–H groups in total. The number of aliphatic carboxylic acids is 1. The lowest BCUT2D eigenvalue weighted by atomic mass is 9.89. The first kappa shape index (κ1) is 13.1. The van der Waals surface area contributed by atoms with Gasteiger partial charge in [0, 0.05) is 19.1 Å². The van der Waals surface area contributed by atoms with Crippen LogP contribution in [-0.4, -0.2) is 28.6 Å². The molecular weight excluding hydrogens is 226 g/mol. The molecule has 1 aromatic carbocycles. The molecule has 3 nitrogen and oxygen atoms in total. The first-order valence-corrected chi connectivity index (χ1v) is 6.68. The van der Waals surface area contributed by atoms with Gasteiger partial charge in [0.05, 0.1) is 5.92 Å². The number of carboxylic acid groups (broad SMARTS) is 1. The number of carbonyl (C=O) groups is 1. The van der Waals surface area contributed by atoms with Gasteiger partial charge in [-0.25, -0.2) is 0 Å². The van der Waals surface area contributed by atoms with Crippen molar-refractivity contribution in [3.05, 3.63) is 35.4 Å². The first-order chi connectivity index (χ1) is 8.63. The second-order valence-corrected chi connectivity index (χ2v) is 5.16. The molecule has 2 unspecified atom stereocenters. The third-order valence-corrected chi connectivity index (χ3v) is 3.85. The maximum Gasteiger partial charge on any atom is 0.312 e. The van der Waals surface area contributed by atoms with E-state index in [0.29, 0.717) is 12.6 Å². The van der Waals surface area contributed by atoms with E-state index >= 15 is 0 Å². The molecule has 0 spiro atoms. The molecule has 0 amide bonds. The monoisotopic (exact) mass is 247 g/mol. The minimum atomic E-state index is -0.712. The van der Waals surface area contributed by atoms with Crippen LogP contribution >= 0.6 is 0 Å². The van der Waals surface area contributed by atoms with E-state index in [1.165, 1.54) is 5.56 Å². The molecule has 1 aliphatic heterocycles. The van der Waals surface area contributed by atoms with E-state index in [1.807, 2.05) is 18.2 Å². The molecule has 1 heterocycles. The number of hydrogen-bond donors (Lipinski definition) is 1. The molecule has 98 valence electrons. The second kappa shape index (κ2) is 5.53. The van der Waals surface area contributed by atoms with Gasteiger partial charge in [-0.2, -0.15) is 0 Å². The Kier molecular flexibility index (Phi) is 4.02. The van der Waals surface area contributed by atoms with Crippen molar-refractivity contribution in [3.8, 4) is 0 Å². The number of benzene rings is 1. The molecule has 18 heavy (non-hydrogen) atoms. The SMILES string of the molecule is CCCC(C)N1Cc2ccccc2C(C(=O)O)C1. The Morgan fingerprint density at radius 2 is 2.22 bits per heavy atom. The highest BCUT2D eigenvalue weighted by Crippen LogP contribution is 2.30. The number of carboxylic acids is 1. The van der Waals surface area contributed by atoms with Gasteiger partial charge in [0.25, 0.3) is 0 Å². The van der Waals surface area contributed by atoms with Gasteiger partial charge >= 0.3 is 5.97 Å². The smallest absolute Gasteiger partial charge is 0.312 e. The second-order valence-electron chi connectivity index (χ2n) is 5.16. The largest absolute Gasteiger partial charge is 0.481 e. The number of fused-ring (bicyclic) bond motifs is 1. The van der Waals surface area contributed by atoms with Crippen LogP contribution in [0.4, 0.5) is 0 Å². The quantitative estimate of drug-likeness (QED) is 0.889. The Morgan fingerprint density at radius 3 is 2.89 bits per heavy atom. The summed E-state index contributed by atoms with van der Waals surface area (Å²) in [5, 5.41) is 9.39. The zero-order valence-corrected chi connectivity index (χ0v) is 11.1. The molecular formula is C15H21NO2. The van der Waals surface area contributed by atoms with E-state index in [4.69, 9.17) is 0 Å². The number of nitrogens with zero attached hydrogens (tertiary/aromatic N) is 1. The Bertz CT molecular complexity index is 430. The summed E-state index contributed by atoms with van der Waals surface area (Å²) in [5.74, 6) is -1.09. The minimum absolute atomic E-state index is 0.380. The molecule has 0 saturated heterocycles. The topological polar surface area (TPSA) is 40.5 Å². The van der Waals surface area contributed by atoms with Crippen molar-refractivity contribution in [2.24, 2.45) is 0 Å². The minimum Gasteiger partial charge on any atom is -0.481 e. The van der Waals surface area contributed by atoms with Crippen LogP contribution < -0.4 is 0 Å². The molecule has 0 aromatic heterocycles. The van der Waals surface area contributed by atoms with Crippen molar-refractivity contribution in [2.75, 3.05) is 6.54 Å². The van der Waals surface area contributed by atoms with E-state index in [0.717, 1.165) is 24.9 Å². The zero-order valence-electron chi connectivity index (χ0n) is 11.1. The third-order valence-electron chi connectivity index (χ3n) is 3.85. The van der Waals surface area contributed by atoms with Crippen LogP contribution in [0.3, 0.4) is 0 Å². The van der Waals surface area contributed by atoms with Crippen molar-refractivity contribution in [3.63, 3.8) is 0 Å². The predicted octanol–water partition coefficient (Wildman–Crippen LogP) is 2.86. The molecule has 0 saturated carbocycles. The van der Waals surface area contributed by atoms with Crippen molar-refractivity contribution in [1.82, 2.24) is 4.90 Å². The van der Waals surface area contributed by atoms with Crippen LogP contribution in [0.2, 0.25) is 0 Å². The van der Waals surface area contributed by atoms with Gasteiger partial charge in [-0.3, -0.25) is 9.69 Å². The lowest BCUT2D eigenvalue weighted by molar-refractivity contribution is -0.139. The van der Waals surface area contributed by atoms with Crippen LogP contribution in [0.25, 0.3) is 0 Å². The van der Waals surface area contributed by atoms with E-state index in [2.05, 4.69) is 24.8 Å². The summed E-state index contributed by atoms with van der Waals surface area (Å²) >= 11 is 0. The molecule has 0 aliphatic carbocycles. The molecule has 1 aromatic rings. The summed E-state index contributed by atoms with van der Waals surface area (Å²) in [6.07, 6.45) is 2.26. The fraction of sp³-hybridized carbons (Fsp3) is 0.533.